The highest BCUT2D eigenvalue weighted by Gasteiger charge is 2.30. The molecule has 1 atom stereocenters. The molecule has 2 aliphatic rings. The van der Waals surface area contributed by atoms with E-state index >= 15 is 0 Å². The van der Waals surface area contributed by atoms with Crippen molar-refractivity contribution < 1.29 is 8.42 Å². The summed E-state index contributed by atoms with van der Waals surface area (Å²) in [6.07, 6.45) is 1.74. The minimum Gasteiger partial charge on any atom is -0.354 e. The number of allylic oxidation sites excluding steroid dienone is 1. The van der Waals surface area contributed by atoms with E-state index in [1.807, 2.05) is 38.0 Å². The number of sulfonamides is 1. The molecule has 1 aromatic carbocycles. The molecule has 172 valence electrons. The van der Waals surface area contributed by atoms with Crippen molar-refractivity contribution in [3.63, 3.8) is 0 Å². The molecule has 0 radical (unpaired) electrons. The van der Waals surface area contributed by atoms with Crippen LogP contribution in [0.2, 0.25) is 10.0 Å². The third kappa shape index (κ3) is 4.53. The SMILES string of the molecule is CC1=C(NS(=O)(=O)c2c(Cl)cc(-c3ccnc(N4CCNCC4)c3)cc2Cl)C(C)N(C)N1. The highest BCUT2D eigenvalue weighted by atomic mass is 35.5. The molecule has 0 spiro atoms. The van der Waals surface area contributed by atoms with Crippen molar-refractivity contribution in [3.05, 3.63) is 51.9 Å². The summed E-state index contributed by atoms with van der Waals surface area (Å²) < 4.78 is 29.0. The van der Waals surface area contributed by atoms with E-state index in [2.05, 4.69) is 25.3 Å². The number of nitrogens with zero attached hydrogens (tertiary/aromatic N) is 3. The summed E-state index contributed by atoms with van der Waals surface area (Å²) in [6.45, 7) is 7.26. The Morgan fingerprint density at radius 1 is 1.12 bits per heavy atom. The number of nitrogens with one attached hydrogen (secondary N) is 3. The highest BCUT2D eigenvalue weighted by molar-refractivity contribution is 7.89. The lowest BCUT2D eigenvalue weighted by Gasteiger charge is -2.28. The van der Waals surface area contributed by atoms with E-state index in [0.29, 0.717) is 5.70 Å². The van der Waals surface area contributed by atoms with Gasteiger partial charge in [-0.05, 0) is 49.2 Å². The minimum absolute atomic E-state index is 0.0609. The van der Waals surface area contributed by atoms with E-state index in [1.165, 1.54) is 0 Å². The number of benzene rings is 1. The molecule has 1 unspecified atom stereocenters. The van der Waals surface area contributed by atoms with Crippen LogP contribution in [0.4, 0.5) is 5.82 Å². The van der Waals surface area contributed by atoms with Crippen LogP contribution in [0.5, 0.6) is 0 Å². The van der Waals surface area contributed by atoms with Crippen molar-refractivity contribution in [2.24, 2.45) is 0 Å². The van der Waals surface area contributed by atoms with Gasteiger partial charge in [0.2, 0.25) is 0 Å². The zero-order valence-corrected chi connectivity index (χ0v) is 20.4. The second kappa shape index (κ2) is 9.07. The molecule has 2 aliphatic heterocycles. The van der Waals surface area contributed by atoms with Gasteiger partial charge in [0.15, 0.2) is 0 Å². The Morgan fingerprint density at radius 3 is 2.38 bits per heavy atom. The largest absolute Gasteiger partial charge is 0.354 e. The van der Waals surface area contributed by atoms with E-state index in [-0.39, 0.29) is 21.0 Å². The van der Waals surface area contributed by atoms with Gasteiger partial charge in [-0.3, -0.25) is 4.72 Å². The zero-order chi connectivity index (χ0) is 23.0. The van der Waals surface area contributed by atoms with Crippen LogP contribution in [-0.2, 0) is 10.0 Å². The minimum atomic E-state index is -3.98. The second-order valence-electron chi connectivity index (χ2n) is 7.95. The first kappa shape index (κ1) is 23.1. The smallest absolute Gasteiger partial charge is 0.264 e. The first-order valence-corrected chi connectivity index (χ1v) is 12.6. The highest BCUT2D eigenvalue weighted by Crippen LogP contribution is 2.36. The van der Waals surface area contributed by atoms with Gasteiger partial charge in [-0.1, -0.05) is 23.2 Å². The van der Waals surface area contributed by atoms with E-state index < -0.39 is 10.0 Å². The number of piperazine rings is 1. The van der Waals surface area contributed by atoms with Crippen molar-refractivity contribution in [2.45, 2.75) is 24.8 Å². The van der Waals surface area contributed by atoms with Crippen LogP contribution in [0.3, 0.4) is 0 Å². The topological polar surface area (TPSA) is 89.6 Å². The summed E-state index contributed by atoms with van der Waals surface area (Å²) in [4.78, 5) is 6.55. The number of halogens is 2. The Balaban J connectivity index is 1.65. The Hall–Kier alpha value is -2.04. The Labute approximate surface area is 198 Å². The molecule has 2 aromatic rings. The normalized spacial score (nSPS) is 19.9. The van der Waals surface area contributed by atoms with Gasteiger partial charge in [0.1, 0.15) is 10.7 Å². The molecule has 1 saturated heterocycles. The lowest BCUT2D eigenvalue weighted by molar-refractivity contribution is 0.254. The van der Waals surface area contributed by atoms with Crippen LogP contribution in [0, 0.1) is 0 Å². The molecule has 32 heavy (non-hydrogen) atoms. The van der Waals surface area contributed by atoms with E-state index in [1.54, 1.807) is 18.3 Å². The fraction of sp³-hybridized carbons (Fsp3) is 0.381. The third-order valence-corrected chi connectivity index (χ3v) is 8.06. The van der Waals surface area contributed by atoms with Crippen LogP contribution in [0.15, 0.2) is 46.8 Å². The molecule has 0 amide bonds. The number of rotatable bonds is 5. The summed E-state index contributed by atoms with van der Waals surface area (Å²) in [5.41, 5.74) is 5.96. The van der Waals surface area contributed by atoms with Gasteiger partial charge in [0, 0.05) is 45.1 Å². The van der Waals surface area contributed by atoms with E-state index in [9.17, 15) is 8.42 Å². The Morgan fingerprint density at radius 2 is 1.78 bits per heavy atom. The van der Waals surface area contributed by atoms with E-state index in [0.717, 1.165) is 48.8 Å². The van der Waals surface area contributed by atoms with Gasteiger partial charge in [0.25, 0.3) is 10.0 Å². The summed E-state index contributed by atoms with van der Waals surface area (Å²) in [7, 11) is -2.14. The van der Waals surface area contributed by atoms with Crippen molar-refractivity contribution in [1.82, 2.24) is 25.5 Å². The van der Waals surface area contributed by atoms with Crippen LogP contribution >= 0.6 is 23.2 Å². The summed E-state index contributed by atoms with van der Waals surface area (Å²) in [5, 5.41) is 5.26. The van der Waals surface area contributed by atoms with Crippen molar-refractivity contribution in [1.29, 1.82) is 0 Å². The molecule has 1 fully saturated rings. The van der Waals surface area contributed by atoms with Gasteiger partial charge >= 0.3 is 0 Å². The Bertz CT molecular complexity index is 1140. The van der Waals surface area contributed by atoms with Crippen molar-refractivity contribution in [3.8, 4) is 11.1 Å². The number of likely N-dealkylation sites (N-methyl/N-ethyl adjacent to an activating group) is 1. The number of hydrogen-bond donors (Lipinski definition) is 3. The molecule has 4 rings (SSSR count). The van der Waals surface area contributed by atoms with Crippen LogP contribution < -0.4 is 20.4 Å². The predicted octanol–water partition coefficient (Wildman–Crippen LogP) is 2.81. The molecular formula is C21H26Cl2N6O2S. The molecule has 11 heteroatoms. The van der Waals surface area contributed by atoms with Crippen LogP contribution in [0.1, 0.15) is 13.8 Å². The molecule has 0 bridgehead atoms. The number of aromatic nitrogens is 1. The number of pyridine rings is 1. The predicted molar refractivity (Wildman–Crippen MR) is 128 cm³/mol. The van der Waals surface area contributed by atoms with E-state index in [4.69, 9.17) is 23.2 Å². The molecule has 3 heterocycles. The molecule has 0 aliphatic carbocycles. The van der Waals surface area contributed by atoms with Crippen molar-refractivity contribution in [2.75, 3.05) is 38.1 Å². The van der Waals surface area contributed by atoms with Gasteiger partial charge in [-0.25, -0.2) is 18.4 Å². The van der Waals surface area contributed by atoms with Gasteiger partial charge in [-0.15, -0.1) is 0 Å². The quantitative estimate of drug-likeness (QED) is 0.586. The van der Waals surface area contributed by atoms with Gasteiger partial charge in [0.05, 0.1) is 21.8 Å². The first-order chi connectivity index (χ1) is 15.2. The first-order valence-electron chi connectivity index (χ1n) is 10.3. The summed E-state index contributed by atoms with van der Waals surface area (Å²) in [6, 6.07) is 6.93. The number of anilines is 1. The fourth-order valence-corrected chi connectivity index (χ4v) is 6.38. The number of hydrogen-bond acceptors (Lipinski definition) is 7. The average molecular weight is 497 g/mol. The van der Waals surface area contributed by atoms with Gasteiger partial charge < -0.3 is 15.6 Å². The molecule has 0 saturated carbocycles. The fourth-order valence-electron chi connectivity index (χ4n) is 3.93. The zero-order valence-electron chi connectivity index (χ0n) is 18.1. The second-order valence-corrected chi connectivity index (χ2v) is 10.4. The maximum Gasteiger partial charge on any atom is 0.264 e. The van der Waals surface area contributed by atoms with Crippen LogP contribution in [0.25, 0.3) is 11.1 Å². The molecule has 8 nitrogen and oxygen atoms in total. The Kier molecular flexibility index (Phi) is 6.56. The van der Waals surface area contributed by atoms with Crippen LogP contribution in [-0.4, -0.2) is 57.7 Å². The van der Waals surface area contributed by atoms with Gasteiger partial charge in [-0.2, -0.15) is 0 Å². The average Bonchev–Trinajstić information content (AvgIpc) is 2.99. The summed E-state index contributed by atoms with van der Waals surface area (Å²) >= 11 is 12.9. The third-order valence-electron chi connectivity index (χ3n) is 5.78. The summed E-state index contributed by atoms with van der Waals surface area (Å²) in [5.74, 6) is 0.865. The molecule has 3 N–H and O–H groups in total. The molecule has 1 aromatic heterocycles. The lowest BCUT2D eigenvalue weighted by atomic mass is 10.1. The standard InChI is InChI=1S/C21H26Cl2N6O2S/c1-13-20(14(2)28(3)26-13)27-32(30,31)21-17(22)10-16(11-18(21)23)15-4-5-25-19(12-15)29-8-6-24-7-9-29/h4-5,10-12,14,24,26-27H,6-9H2,1-3H3. The number of hydrazine groups is 1. The van der Waals surface area contributed by atoms with Crippen molar-refractivity contribution >= 4 is 39.0 Å². The maximum atomic E-state index is 13.2. The molecular weight excluding hydrogens is 471 g/mol. The maximum absolute atomic E-state index is 13.2. The monoisotopic (exact) mass is 496 g/mol. The lowest BCUT2D eigenvalue weighted by Crippen LogP contribution is -2.43.